The zero-order valence-corrected chi connectivity index (χ0v) is 10.6. The van der Waals surface area contributed by atoms with E-state index in [2.05, 4.69) is 4.98 Å². The van der Waals surface area contributed by atoms with Crippen molar-refractivity contribution in [2.45, 2.75) is 33.1 Å². The van der Waals surface area contributed by atoms with Gasteiger partial charge >= 0.3 is 5.97 Å². The van der Waals surface area contributed by atoms with E-state index in [0.29, 0.717) is 17.7 Å². The summed E-state index contributed by atoms with van der Waals surface area (Å²) in [5, 5.41) is 19.8. The molecule has 0 aromatic carbocycles. The van der Waals surface area contributed by atoms with E-state index in [4.69, 9.17) is 0 Å². The Labute approximate surface area is 105 Å². The molecule has 0 aliphatic heterocycles. The molecule has 0 aliphatic carbocycles. The van der Waals surface area contributed by atoms with Gasteiger partial charge in [0.2, 0.25) is 0 Å². The molecule has 1 rings (SSSR count). The van der Waals surface area contributed by atoms with Gasteiger partial charge in [-0.1, -0.05) is 13.8 Å². The number of carboxylic acid groups (broad SMARTS) is 1. The number of rotatable bonds is 5. The van der Waals surface area contributed by atoms with Gasteiger partial charge in [0.25, 0.3) is 5.69 Å². The molecule has 1 heterocycles. The Kier molecular flexibility index (Phi) is 4.36. The van der Waals surface area contributed by atoms with E-state index < -0.39 is 16.8 Å². The number of aromatic nitrogens is 1. The maximum Gasteiger partial charge on any atom is 0.312 e. The van der Waals surface area contributed by atoms with Crippen molar-refractivity contribution in [2.24, 2.45) is 5.92 Å². The fourth-order valence-corrected chi connectivity index (χ4v) is 1.84. The van der Waals surface area contributed by atoms with E-state index in [0.717, 1.165) is 6.20 Å². The first-order valence-corrected chi connectivity index (χ1v) is 5.66. The monoisotopic (exact) mass is 252 g/mol. The Morgan fingerprint density at radius 2 is 2.17 bits per heavy atom. The number of aliphatic carboxylic acids is 1. The zero-order valence-electron chi connectivity index (χ0n) is 10.6. The van der Waals surface area contributed by atoms with Crippen molar-refractivity contribution >= 4 is 11.7 Å². The fraction of sp³-hybridized carbons (Fsp3) is 0.500. The summed E-state index contributed by atoms with van der Waals surface area (Å²) in [5.74, 6) is -1.46. The van der Waals surface area contributed by atoms with Gasteiger partial charge in [-0.3, -0.25) is 19.9 Å². The lowest BCUT2D eigenvalue weighted by Crippen LogP contribution is -2.16. The predicted octanol–water partition coefficient (Wildman–Crippen LogP) is 2.51. The van der Waals surface area contributed by atoms with Gasteiger partial charge in [-0.15, -0.1) is 0 Å². The molecular weight excluding hydrogens is 236 g/mol. The third-order valence-corrected chi connectivity index (χ3v) is 2.65. The highest BCUT2D eigenvalue weighted by Gasteiger charge is 2.25. The van der Waals surface area contributed by atoms with Gasteiger partial charge in [-0.2, -0.15) is 0 Å². The summed E-state index contributed by atoms with van der Waals surface area (Å²) < 4.78 is 0. The first-order valence-electron chi connectivity index (χ1n) is 5.66. The molecule has 0 fully saturated rings. The minimum Gasteiger partial charge on any atom is -0.481 e. The van der Waals surface area contributed by atoms with Crippen molar-refractivity contribution in [1.82, 2.24) is 4.98 Å². The molecule has 0 saturated carbocycles. The van der Waals surface area contributed by atoms with Crippen LogP contribution in [0.5, 0.6) is 0 Å². The third-order valence-electron chi connectivity index (χ3n) is 2.65. The molecule has 1 atom stereocenters. The first-order chi connectivity index (χ1) is 8.32. The molecular formula is C12H16N2O4. The molecule has 18 heavy (non-hydrogen) atoms. The average molecular weight is 252 g/mol. The summed E-state index contributed by atoms with van der Waals surface area (Å²) in [6.07, 6.45) is 1.57. The van der Waals surface area contributed by atoms with Crippen LogP contribution in [0.2, 0.25) is 0 Å². The van der Waals surface area contributed by atoms with Crippen molar-refractivity contribution in [3.8, 4) is 0 Å². The maximum absolute atomic E-state index is 11.2. The van der Waals surface area contributed by atoms with Crippen LogP contribution in [0.3, 0.4) is 0 Å². The molecule has 6 nitrogen and oxygen atoms in total. The standard InChI is InChI=1S/C12H16N2O4/c1-7(2)4-10(12(15)16)11-8(3)5-9(6-13-11)14(17)18/h5-7,10H,4H2,1-3H3,(H,15,16). The summed E-state index contributed by atoms with van der Waals surface area (Å²) in [6, 6.07) is 1.36. The average Bonchev–Trinajstić information content (AvgIpc) is 2.25. The Hall–Kier alpha value is -1.98. The topological polar surface area (TPSA) is 93.3 Å². The van der Waals surface area contributed by atoms with Crippen LogP contribution in [-0.4, -0.2) is 21.0 Å². The molecule has 0 aliphatic rings. The Bertz CT molecular complexity index is 471. The predicted molar refractivity (Wildman–Crippen MR) is 65.5 cm³/mol. The number of carboxylic acids is 1. The van der Waals surface area contributed by atoms with E-state index in [1.807, 2.05) is 13.8 Å². The molecule has 1 N–H and O–H groups in total. The van der Waals surface area contributed by atoms with Gasteiger partial charge in [0, 0.05) is 6.07 Å². The van der Waals surface area contributed by atoms with Crippen LogP contribution < -0.4 is 0 Å². The molecule has 6 heteroatoms. The number of pyridine rings is 1. The summed E-state index contributed by atoms with van der Waals surface area (Å²) in [6.45, 7) is 5.50. The minimum absolute atomic E-state index is 0.120. The van der Waals surface area contributed by atoms with Gasteiger partial charge in [-0.05, 0) is 24.8 Å². The third kappa shape index (κ3) is 3.26. The van der Waals surface area contributed by atoms with Crippen LogP contribution in [0, 0.1) is 23.0 Å². The van der Waals surface area contributed by atoms with Crippen LogP contribution in [0.4, 0.5) is 5.69 Å². The number of hydrogen-bond acceptors (Lipinski definition) is 4. The van der Waals surface area contributed by atoms with E-state index in [1.165, 1.54) is 6.07 Å². The lowest BCUT2D eigenvalue weighted by Gasteiger charge is -2.15. The minimum atomic E-state index is -0.951. The van der Waals surface area contributed by atoms with Crippen LogP contribution in [0.15, 0.2) is 12.3 Å². The second-order valence-corrected chi connectivity index (χ2v) is 4.67. The number of nitrogens with zero attached hydrogens (tertiary/aromatic N) is 2. The zero-order chi connectivity index (χ0) is 13.9. The first kappa shape index (κ1) is 14.1. The van der Waals surface area contributed by atoms with E-state index in [-0.39, 0.29) is 11.6 Å². The Balaban J connectivity index is 3.13. The maximum atomic E-state index is 11.2. The van der Waals surface area contributed by atoms with E-state index >= 15 is 0 Å². The number of aryl methyl sites for hydroxylation is 1. The molecule has 98 valence electrons. The highest BCUT2D eigenvalue weighted by Crippen LogP contribution is 2.27. The SMILES string of the molecule is Cc1cc([N+](=O)[O-])cnc1C(CC(C)C)C(=O)O. The van der Waals surface area contributed by atoms with Crippen LogP contribution in [0.1, 0.15) is 37.4 Å². The molecule has 1 aromatic rings. The molecule has 0 saturated heterocycles. The summed E-state index contributed by atoms with van der Waals surface area (Å²) in [4.78, 5) is 25.2. The molecule has 0 bridgehead atoms. The molecule has 0 radical (unpaired) electrons. The van der Waals surface area contributed by atoms with Crippen molar-refractivity contribution in [2.75, 3.05) is 0 Å². The fourth-order valence-electron chi connectivity index (χ4n) is 1.84. The molecule has 0 amide bonds. The van der Waals surface area contributed by atoms with Crippen LogP contribution in [0.25, 0.3) is 0 Å². The van der Waals surface area contributed by atoms with Crippen LogP contribution >= 0.6 is 0 Å². The van der Waals surface area contributed by atoms with E-state index in [9.17, 15) is 20.0 Å². The van der Waals surface area contributed by atoms with Crippen molar-refractivity contribution in [3.63, 3.8) is 0 Å². The number of carbonyl (C=O) groups is 1. The lowest BCUT2D eigenvalue weighted by atomic mass is 9.91. The van der Waals surface area contributed by atoms with Gasteiger partial charge in [0.05, 0.1) is 16.5 Å². The van der Waals surface area contributed by atoms with Crippen molar-refractivity contribution in [1.29, 1.82) is 0 Å². The normalized spacial score (nSPS) is 12.4. The number of hydrogen-bond donors (Lipinski definition) is 1. The summed E-state index contributed by atoms with van der Waals surface area (Å²) in [7, 11) is 0. The van der Waals surface area contributed by atoms with Gasteiger partial charge in [0.1, 0.15) is 6.20 Å². The molecule has 1 aromatic heterocycles. The quantitative estimate of drug-likeness (QED) is 0.641. The van der Waals surface area contributed by atoms with Gasteiger partial charge in [-0.25, -0.2) is 0 Å². The van der Waals surface area contributed by atoms with Crippen molar-refractivity contribution in [3.05, 3.63) is 33.6 Å². The second-order valence-electron chi connectivity index (χ2n) is 4.67. The largest absolute Gasteiger partial charge is 0.481 e. The summed E-state index contributed by atoms with van der Waals surface area (Å²) in [5.41, 5.74) is 0.823. The van der Waals surface area contributed by atoms with Gasteiger partial charge < -0.3 is 5.11 Å². The molecule has 0 spiro atoms. The highest BCUT2D eigenvalue weighted by atomic mass is 16.6. The van der Waals surface area contributed by atoms with Crippen LogP contribution in [-0.2, 0) is 4.79 Å². The van der Waals surface area contributed by atoms with Gasteiger partial charge in [0.15, 0.2) is 0 Å². The Morgan fingerprint density at radius 1 is 1.56 bits per heavy atom. The van der Waals surface area contributed by atoms with E-state index in [1.54, 1.807) is 6.92 Å². The number of nitro groups is 1. The smallest absolute Gasteiger partial charge is 0.312 e. The molecule has 1 unspecified atom stereocenters. The lowest BCUT2D eigenvalue weighted by molar-refractivity contribution is -0.385. The second kappa shape index (κ2) is 5.57. The summed E-state index contributed by atoms with van der Waals surface area (Å²) >= 11 is 0. The highest BCUT2D eigenvalue weighted by molar-refractivity contribution is 5.76. The van der Waals surface area contributed by atoms with Crippen molar-refractivity contribution < 1.29 is 14.8 Å². The Morgan fingerprint density at radius 3 is 2.56 bits per heavy atom.